The molecular formula is C14H21N3O3. The summed E-state index contributed by atoms with van der Waals surface area (Å²) in [4.78, 5) is 24.7. The molecule has 0 saturated heterocycles. The van der Waals surface area contributed by atoms with Gasteiger partial charge in [0.25, 0.3) is 0 Å². The number of hydrogen-bond donors (Lipinski definition) is 2. The number of nitrogen functional groups attached to an aromatic ring is 1. The fourth-order valence-electron chi connectivity index (χ4n) is 1.64. The van der Waals surface area contributed by atoms with Gasteiger partial charge in [0.1, 0.15) is 6.54 Å². The van der Waals surface area contributed by atoms with Crippen LogP contribution >= 0.6 is 0 Å². The van der Waals surface area contributed by atoms with Crippen LogP contribution in [0.2, 0.25) is 0 Å². The minimum atomic E-state index is -0.440. The first-order valence-corrected chi connectivity index (χ1v) is 6.59. The second-order valence-electron chi connectivity index (χ2n) is 4.22. The van der Waals surface area contributed by atoms with E-state index in [1.165, 1.54) is 0 Å². The molecule has 20 heavy (non-hydrogen) atoms. The highest BCUT2D eigenvalue weighted by Crippen LogP contribution is 2.08. The van der Waals surface area contributed by atoms with Crippen LogP contribution in [0, 0.1) is 0 Å². The maximum Gasteiger partial charge on any atom is 0.325 e. The lowest BCUT2D eigenvalue weighted by molar-refractivity contribution is -0.141. The van der Waals surface area contributed by atoms with Gasteiger partial charge in [-0.3, -0.25) is 4.79 Å². The van der Waals surface area contributed by atoms with Gasteiger partial charge in [-0.15, -0.1) is 0 Å². The van der Waals surface area contributed by atoms with Crippen molar-refractivity contribution in [3.8, 4) is 0 Å². The number of carbonyl (C=O) groups is 2. The Bertz CT molecular complexity index is 445. The number of benzene rings is 1. The zero-order chi connectivity index (χ0) is 15.0. The highest BCUT2D eigenvalue weighted by molar-refractivity contribution is 5.80. The summed E-state index contributed by atoms with van der Waals surface area (Å²) in [6.07, 6.45) is 0. The largest absolute Gasteiger partial charge is 0.465 e. The van der Waals surface area contributed by atoms with E-state index in [1.807, 2.05) is 19.1 Å². The highest BCUT2D eigenvalue weighted by atomic mass is 16.5. The molecule has 0 aliphatic carbocycles. The summed E-state index contributed by atoms with van der Waals surface area (Å²) >= 11 is 0. The molecule has 1 aromatic carbocycles. The minimum absolute atomic E-state index is 0.120. The molecule has 0 bridgehead atoms. The fraction of sp³-hybridized carbons (Fsp3) is 0.429. The maximum atomic E-state index is 11.9. The maximum absolute atomic E-state index is 11.9. The lowest BCUT2D eigenvalue weighted by Crippen LogP contribution is -2.41. The Morgan fingerprint density at radius 2 is 1.90 bits per heavy atom. The Hall–Kier alpha value is -2.24. The normalized spacial score (nSPS) is 9.90. The van der Waals surface area contributed by atoms with Crippen molar-refractivity contribution in [2.45, 2.75) is 20.4 Å². The van der Waals surface area contributed by atoms with Crippen molar-refractivity contribution in [2.75, 3.05) is 25.4 Å². The molecule has 0 atom stereocenters. The molecular weight excluding hydrogens is 258 g/mol. The van der Waals surface area contributed by atoms with Crippen LogP contribution in [0.25, 0.3) is 0 Å². The summed E-state index contributed by atoms with van der Waals surface area (Å²) in [5.74, 6) is -0.440. The monoisotopic (exact) mass is 279 g/mol. The van der Waals surface area contributed by atoms with E-state index in [-0.39, 0.29) is 12.6 Å². The van der Waals surface area contributed by atoms with Crippen LogP contribution < -0.4 is 11.1 Å². The number of urea groups is 1. The number of rotatable bonds is 6. The van der Waals surface area contributed by atoms with Crippen molar-refractivity contribution in [1.29, 1.82) is 0 Å². The molecule has 0 heterocycles. The lowest BCUT2D eigenvalue weighted by atomic mass is 10.2. The van der Waals surface area contributed by atoms with Gasteiger partial charge in [0.05, 0.1) is 6.61 Å². The zero-order valence-corrected chi connectivity index (χ0v) is 11.9. The number of esters is 1. The third kappa shape index (κ3) is 5.17. The molecule has 0 spiro atoms. The predicted octanol–water partition coefficient (Wildman–Crippen LogP) is 1.36. The van der Waals surface area contributed by atoms with Gasteiger partial charge >= 0.3 is 12.0 Å². The van der Waals surface area contributed by atoms with Gasteiger partial charge in [0.15, 0.2) is 0 Å². The molecule has 0 aliphatic rings. The van der Waals surface area contributed by atoms with E-state index in [0.29, 0.717) is 25.4 Å². The average Bonchev–Trinajstić information content (AvgIpc) is 2.44. The van der Waals surface area contributed by atoms with Crippen LogP contribution in [0.15, 0.2) is 24.3 Å². The van der Waals surface area contributed by atoms with Gasteiger partial charge < -0.3 is 20.7 Å². The molecule has 0 unspecified atom stereocenters. The summed E-state index contributed by atoms with van der Waals surface area (Å²) in [6.45, 7) is 4.79. The van der Waals surface area contributed by atoms with Gasteiger partial charge in [0, 0.05) is 18.8 Å². The van der Waals surface area contributed by atoms with E-state index in [2.05, 4.69) is 5.32 Å². The summed E-state index contributed by atoms with van der Waals surface area (Å²) in [7, 11) is 0. The Balaban J connectivity index is 2.50. The molecule has 1 aromatic rings. The van der Waals surface area contributed by atoms with Crippen molar-refractivity contribution in [2.24, 2.45) is 0 Å². The summed E-state index contributed by atoms with van der Waals surface area (Å²) in [6, 6.07) is 7.03. The van der Waals surface area contributed by atoms with Crippen LogP contribution in [-0.2, 0) is 16.1 Å². The van der Waals surface area contributed by atoms with Crippen LogP contribution in [0.1, 0.15) is 19.4 Å². The summed E-state index contributed by atoms with van der Waals surface area (Å²) in [5.41, 5.74) is 7.28. The second-order valence-corrected chi connectivity index (χ2v) is 4.22. The first kappa shape index (κ1) is 15.8. The Morgan fingerprint density at radius 3 is 2.45 bits per heavy atom. The van der Waals surface area contributed by atoms with Crippen molar-refractivity contribution < 1.29 is 14.3 Å². The number of anilines is 1. The predicted molar refractivity (Wildman–Crippen MR) is 77.0 cm³/mol. The zero-order valence-electron chi connectivity index (χ0n) is 11.9. The number of nitrogens with two attached hydrogens (primary N) is 1. The average molecular weight is 279 g/mol. The number of amides is 2. The van der Waals surface area contributed by atoms with Crippen molar-refractivity contribution >= 4 is 17.7 Å². The van der Waals surface area contributed by atoms with Crippen LogP contribution in [0.5, 0.6) is 0 Å². The van der Waals surface area contributed by atoms with Gasteiger partial charge in [-0.05, 0) is 31.5 Å². The molecule has 0 aliphatic heterocycles. The molecule has 0 radical (unpaired) electrons. The third-order valence-electron chi connectivity index (χ3n) is 2.71. The SMILES string of the molecule is CCOC(=O)CNC(=O)N(CC)Cc1ccc(N)cc1. The Kier molecular flexibility index (Phi) is 6.36. The van der Waals surface area contributed by atoms with E-state index in [1.54, 1.807) is 24.0 Å². The molecule has 2 amide bonds. The molecule has 0 saturated carbocycles. The third-order valence-corrected chi connectivity index (χ3v) is 2.71. The Morgan fingerprint density at radius 1 is 1.25 bits per heavy atom. The van der Waals surface area contributed by atoms with E-state index < -0.39 is 5.97 Å². The van der Waals surface area contributed by atoms with Crippen LogP contribution in [-0.4, -0.2) is 36.6 Å². The van der Waals surface area contributed by atoms with E-state index in [4.69, 9.17) is 10.5 Å². The fourth-order valence-corrected chi connectivity index (χ4v) is 1.64. The number of nitrogens with zero attached hydrogens (tertiary/aromatic N) is 1. The lowest BCUT2D eigenvalue weighted by Gasteiger charge is -2.21. The van der Waals surface area contributed by atoms with E-state index >= 15 is 0 Å². The number of hydrogen-bond acceptors (Lipinski definition) is 4. The summed E-state index contributed by atoms with van der Waals surface area (Å²) in [5, 5.41) is 2.54. The topological polar surface area (TPSA) is 84.7 Å². The summed E-state index contributed by atoms with van der Waals surface area (Å²) < 4.78 is 4.75. The van der Waals surface area contributed by atoms with Crippen molar-refractivity contribution in [1.82, 2.24) is 10.2 Å². The molecule has 3 N–H and O–H groups in total. The smallest absolute Gasteiger partial charge is 0.325 e. The first-order chi connectivity index (χ1) is 9.56. The first-order valence-electron chi connectivity index (χ1n) is 6.59. The number of carbonyl (C=O) groups excluding carboxylic acids is 2. The molecule has 0 fully saturated rings. The molecule has 1 rings (SSSR count). The minimum Gasteiger partial charge on any atom is -0.465 e. The van der Waals surface area contributed by atoms with Crippen LogP contribution in [0.4, 0.5) is 10.5 Å². The van der Waals surface area contributed by atoms with Crippen molar-refractivity contribution in [3.63, 3.8) is 0 Å². The van der Waals surface area contributed by atoms with E-state index in [0.717, 1.165) is 5.56 Å². The molecule has 0 aromatic heterocycles. The van der Waals surface area contributed by atoms with Gasteiger partial charge in [-0.25, -0.2) is 4.79 Å². The van der Waals surface area contributed by atoms with Gasteiger partial charge in [-0.2, -0.15) is 0 Å². The van der Waals surface area contributed by atoms with Crippen LogP contribution in [0.3, 0.4) is 0 Å². The highest BCUT2D eigenvalue weighted by Gasteiger charge is 2.13. The van der Waals surface area contributed by atoms with Gasteiger partial charge in [0.2, 0.25) is 0 Å². The quantitative estimate of drug-likeness (QED) is 0.608. The second kappa shape index (κ2) is 8.04. The van der Waals surface area contributed by atoms with E-state index in [9.17, 15) is 9.59 Å². The Labute approximate surface area is 118 Å². The van der Waals surface area contributed by atoms with Gasteiger partial charge in [-0.1, -0.05) is 12.1 Å². The van der Waals surface area contributed by atoms with Crippen molar-refractivity contribution in [3.05, 3.63) is 29.8 Å². The molecule has 6 nitrogen and oxygen atoms in total. The standard InChI is InChI=1S/C14H21N3O3/c1-3-17(10-11-5-7-12(15)8-6-11)14(19)16-9-13(18)20-4-2/h5-8H,3-4,9-10,15H2,1-2H3,(H,16,19). The molecule has 6 heteroatoms. The number of ether oxygens (including phenoxy) is 1. The molecule has 110 valence electrons. The number of nitrogens with one attached hydrogen (secondary N) is 1.